The van der Waals surface area contributed by atoms with Gasteiger partial charge < -0.3 is 56.2 Å². The third-order valence-corrected chi connectivity index (χ3v) is 16.4. The van der Waals surface area contributed by atoms with Crippen LogP contribution in [0.5, 0.6) is 5.75 Å². The fourth-order valence-corrected chi connectivity index (χ4v) is 10.8. The number of nitrogens with one attached hydrogen (secondary N) is 3. The topological polar surface area (TPSA) is 287 Å². The van der Waals surface area contributed by atoms with Crippen molar-refractivity contribution in [2.45, 2.75) is 201 Å². The first-order valence-corrected chi connectivity index (χ1v) is 28.4. The van der Waals surface area contributed by atoms with Crippen LogP contribution in [0.2, 0.25) is 0 Å². The summed E-state index contributed by atoms with van der Waals surface area (Å²) in [7, 11) is 0. The van der Waals surface area contributed by atoms with Gasteiger partial charge in [-0.1, -0.05) is 104 Å². The van der Waals surface area contributed by atoms with Gasteiger partial charge in [-0.25, -0.2) is 9.82 Å². The second-order valence-electron chi connectivity index (χ2n) is 23.0. The molecule has 2 fully saturated rings. The van der Waals surface area contributed by atoms with Gasteiger partial charge >= 0.3 is 5.97 Å². The summed E-state index contributed by atoms with van der Waals surface area (Å²) < 4.78 is 26.9. The number of aliphatic hydroxyl groups is 4. The molecule has 18 nitrogen and oxygen atoms in total. The summed E-state index contributed by atoms with van der Waals surface area (Å²) in [4.78, 5) is 81.0. The fraction of sp³-hybridized carbons (Fsp3) is 0.667. The predicted octanol–water partition coefficient (Wildman–Crippen LogP) is 5.57. The van der Waals surface area contributed by atoms with Gasteiger partial charge in [0.1, 0.15) is 30.0 Å². The lowest BCUT2D eigenvalue weighted by Crippen LogP contribution is -2.62. The molecule has 17 atom stereocenters. The van der Waals surface area contributed by atoms with Gasteiger partial charge in [0.05, 0.1) is 42.5 Å². The van der Waals surface area contributed by atoms with Crippen LogP contribution >= 0.6 is 0 Å². The molecule has 0 radical (unpaired) electrons. The third-order valence-electron chi connectivity index (χ3n) is 16.4. The Morgan fingerprint density at radius 2 is 1.67 bits per heavy atom. The maximum atomic E-state index is 14.5. The number of phenols is 1. The number of ketones is 1. The molecule has 3 heterocycles. The highest BCUT2D eigenvalue weighted by Gasteiger charge is 2.44. The number of allylic oxidation sites excluding steroid dienone is 5. The number of hydrazine groups is 1. The highest BCUT2D eigenvalue weighted by Crippen LogP contribution is 2.38. The van der Waals surface area contributed by atoms with Crippen LogP contribution in [0.1, 0.15) is 139 Å². The summed E-state index contributed by atoms with van der Waals surface area (Å²) in [5.74, 6) is -8.47. The van der Waals surface area contributed by atoms with Crippen LogP contribution in [0.25, 0.3) is 0 Å². The van der Waals surface area contributed by atoms with E-state index >= 15 is 0 Å². The van der Waals surface area contributed by atoms with Crippen molar-refractivity contribution < 1.29 is 68.2 Å². The number of carbonyl (C=O) groups excluding carboxylic acids is 6. The van der Waals surface area contributed by atoms with Gasteiger partial charge in [0.2, 0.25) is 17.7 Å². The molecule has 79 heavy (non-hydrogen) atoms. The van der Waals surface area contributed by atoms with Crippen LogP contribution in [0.4, 0.5) is 4.39 Å². The van der Waals surface area contributed by atoms with E-state index in [1.54, 1.807) is 39.0 Å². The summed E-state index contributed by atoms with van der Waals surface area (Å²) in [5, 5.41) is 62.4. The van der Waals surface area contributed by atoms with Crippen LogP contribution in [0.3, 0.4) is 0 Å². The van der Waals surface area contributed by atoms with Crippen molar-refractivity contribution in [1.82, 2.24) is 21.1 Å². The van der Waals surface area contributed by atoms with Crippen LogP contribution in [-0.2, 0) is 44.7 Å². The Kier molecular flexibility index (Phi) is 26.5. The number of carbonyl (C=O) groups is 6. The SMILES string of the molecule is CC[C@@H](C[C@H](C)[C@H]1O[C@@H](C[C@H](O)[C@@H](C)CC/C=C/C=C(\C)[C@@H]2C/C=C/C=C/[C@H](O)[C@H](C)[C@@H](O)[C@@H](CCC(C)=O)C(=O)N[C@@H](C(C)C)C(=O)N[C@@H](Cc3ccc(F)c(O)c3)C(=O)N3CCCC(N3)C(=O)O2)[C@H](C)[C@H](O)[C@@H]1C)C(N)=O. The van der Waals surface area contributed by atoms with Crippen molar-refractivity contribution in [3.63, 3.8) is 0 Å². The first-order chi connectivity index (χ1) is 37.2. The number of esters is 1. The highest BCUT2D eigenvalue weighted by atomic mass is 19.1. The van der Waals surface area contributed by atoms with E-state index in [1.165, 1.54) is 24.1 Å². The van der Waals surface area contributed by atoms with Crippen LogP contribution in [-0.4, -0.2) is 133 Å². The van der Waals surface area contributed by atoms with Crippen LogP contribution in [0, 0.1) is 53.2 Å². The number of primary amides is 1. The highest BCUT2D eigenvalue weighted by molar-refractivity contribution is 5.93. The minimum absolute atomic E-state index is 0.0319. The Hall–Kier alpha value is -5.31. The Labute approximate surface area is 466 Å². The zero-order valence-electron chi connectivity index (χ0n) is 48.1. The average molecular weight is 1110 g/mol. The lowest BCUT2D eigenvalue weighted by atomic mass is 9.75. The molecule has 3 aliphatic rings. The minimum Gasteiger partial charge on any atom is -0.505 e. The predicted molar refractivity (Wildman–Crippen MR) is 297 cm³/mol. The number of amides is 4. The van der Waals surface area contributed by atoms with Gasteiger partial charge in [-0.2, -0.15) is 0 Å². The van der Waals surface area contributed by atoms with Gasteiger partial charge in [-0.05, 0) is 99.8 Å². The van der Waals surface area contributed by atoms with Crippen molar-refractivity contribution in [2.24, 2.45) is 53.1 Å². The standard InChI is InChI=1S/C60H92FN5O13/c1-11-42(56(62)73)29-36(6)55-40(10)53(71)39(9)51(78-55)32-48(69)34(4)19-14-12-15-20-35(5)50-23-17-13-16-22-47(68)38(8)54(72)43(26-24-37(7)67)57(74)64-52(33(2)3)58(75)63-46(30-41-25-27-44(61)49(70)31-41)59(76)66-28-18-21-45(65-66)60(77)79-50/h12-13,15-17,20,22,25,27,31,33-34,36,38-40,42-43,45-48,50-55,65,68-72H,11,14,18-19,21,23-24,26,28-30,32H2,1-10H3,(H2,62,73)(H,63,75)(H,64,74)/b15-12+,17-13+,22-16+,35-20+/t34-,36-,38-,39-,40-,42-,43+,45?,46-,47-,48-,50-,51-,52-,53-,54+,55+/m0/s1. The quantitative estimate of drug-likeness (QED) is 0.0605. The number of fused-ring (bicyclic) bond motifs is 2. The van der Waals surface area contributed by atoms with E-state index < -0.39 is 102 Å². The van der Waals surface area contributed by atoms with Crippen molar-refractivity contribution >= 4 is 35.4 Å². The molecule has 19 heteroatoms. The summed E-state index contributed by atoms with van der Waals surface area (Å²) in [6, 6.07) is -0.0814. The van der Waals surface area contributed by atoms with E-state index in [0.29, 0.717) is 56.1 Å². The number of aliphatic hydroxyl groups excluding tert-OH is 4. The van der Waals surface area contributed by atoms with Crippen molar-refractivity contribution in [1.29, 1.82) is 0 Å². The Morgan fingerprint density at radius 1 is 0.962 bits per heavy atom. The first kappa shape index (κ1) is 66.2. The molecule has 2 bridgehead atoms. The second kappa shape index (κ2) is 31.6. The normalized spacial score (nSPS) is 31.7. The zero-order valence-corrected chi connectivity index (χ0v) is 48.1. The number of Topliss-reactive ketones (excluding diaryl/α,β-unsaturated/α-hetero) is 1. The van der Waals surface area contributed by atoms with E-state index in [4.69, 9.17) is 15.2 Å². The molecule has 0 spiro atoms. The van der Waals surface area contributed by atoms with E-state index in [2.05, 4.69) is 16.1 Å². The maximum Gasteiger partial charge on any atom is 0.325 e. The van der Waals surface area contributed by atoms with Crippen molar-refractivity contribution in [2.75, 3.05) is 6.54 Å². The van der Waals surface area contributed by atoms with Gasteiger partial charge in [-0.15, -0.1) is 0 Å². The number of hydrogen-bond acceptors (Lipinski definition) is 14. The second-order valence-corrected chi connectivity index (χ2v) is 23.0. The fourth-order valence-electron chi connectivity index (χ4n) is 10.8. The number of ether oxygens (including phenoxy) is 2. The van der Waals surface area contributed by atoms with Crippen LogP contribution in [0.15, 0.2) is 66.3 Å². The molecule has 0 aromatic heterocycles. The molecule has 1 unspecified atom stereocenters. The molecular formula is C60H92FN5O13. The molecule has 1 aromatic rings. The number of nitrogens with zero attached hydrogens (tertiary/aromatic N) is 1. The number of benzene rings is 1. The Bertz CT molecular complexity index is 2330. The summed E-state index contributed by atoms with van der Waals surface area (Å²) in [6.45, 7) is 18.0. The number of aromatic hydroxyl groups is 1. The molecule has 10 N–H and O–H groups in total. The van der Waals surface area contributed by atoms with E-state index in [1.807, 2.05) is 59.8 Å². The lowest BCUT2D eigenvalue weighted by Gasteiger charge is -2.46. The van der Waals surface area contributed by atoms with Crippen molar-refractivity contribution in [3.8, 4) is 5.75 Å². The summed E-state index contributed by atoms with van der Waals surface area (Å²) in [6.07, 6.45) is 9.76. The van der Waals surface area contributed by atoms with E-state index in [0.717, 1.165) is 12.1 Å². The third kappa shape index (κ3) is 19.4. The lowest BCUT2D eigenvalue weighted by molar-refractivity contribution is -0.190. The molecule has 3 aliphatic heterocycles. The molecule has 0 aliphatic carbocycles. The molecule has 4 rings (SSSR count). The number of phenolic OH excluding ortho intramolecular Hbond substituents is 1. The van der Waals surface area contributed by atoms with Crippen molar-refractivity contribution in [3.05, 3.63) is 77.7 Å². The van der Waals surface area contributed by atoms with Gasteiger partial charge in [-0.3, -0.25) is 29.0 Å². The number of rotatable bonds is 19. The average Bonchev–Trinajstić information content (AvgIpc) is 3.42. The van der Waals surface area contributed by atoms with Gasteiger partial charge in [0, 0.05) is 55.9 Å². The largest absolute Gasteiger partial charge is 0.505 e. The molecule has 4 amide bonds. The Balaban J connectivity index is 1.57. The number of hydrogen-bond donors (Lipinski definition) is 9. The number of halogens is 1. The summed E-state index contributed by atoms with van der Waals surface area (Å²) in [5.41, 5.74) is 9.62. The summed E-state index contributed by atoms with van der Waals surface area (Å²) >= 11 is 0. The first-order valence-electron chi connectivity index (χ1n) is 28.4. The van der Waals surface area contributed by atoms with Crippen LogP contribution < -0.4 is 21.8 Å². The van der Waals surface area contributed by atoms with E-state index in [9.17, 15) is 58.7 Å². The number of nitrogens with two attached hydrogens (primary N) is 1. The smallest absolute Gasteiger partial charge is 0.325 e. The molecule has 0 saturated carbocycles. The molecule has 442 valence electrons. The van der Waals surface area contributed by atoms with E-state index in [-0.39, 0.29) is 85.7 Å². The molecule has 1 aromatic carbocycles. The minimum atomic E-state index is -1.47. The zero-order chi connectivity index (χ0) is 58.8. The Morgan fingerprint density at radius 3 is 2.32 bits per heavy atom. The number of cyclic esters (lactones) is 1. The monoisotopic (exact) mass is 1110 g/mol. The van der Waals surface area contributed by atoms with Gasteiger partial charge in [0.25, 0.3) is 5.91 Å². The van der Waals surface area contributed by atoms with Gasteiger partial charge in [0.15, 0.2) is 11.6 Å². The molecular weight excluding hydrogens is 1020 g/mol. The maximum absolute atomic E-state index is 14.5. The molecule has 2 saturated heterocycles.